The van der Waals surface area contributed by atoms with Crippen LogP contribution in [0.1, 0.15) is 40.0 Å². The second-order valence-corrected chi connectivity index (χ2v) is 4.57. The summed E-state index contributed by atoms with van der Waals surface area (Å²) >= 11 is 0. The van der Waals surface area contributed by atoms with Crippen molar-refractivity contribution in [2.24, 2.45) is 5.92 Å². The lowest BCUT2D eigenvalue weighted by atomic mass is 10.2. The summed E-state index contributed by atoms with van der Waals surface area (Å²) in [5.41, 5.74) is 0. The zero-order valence-electron chi connectivity index (χ0n) is 10.1. The highest BCUT2D eigenvalue weighted by Crippen LogP contribution is 2.31. The molecule has 84 valence electrons. The fraction of sp³-hybridized carbons (Fsp3) is 1.00. The number of rotatable bonds is 8. The van der Waals surface area contributed by atoms with Gasteiger partial charge in [-0.2, -0.15) is 0 Å². The average molecular weight is 198 g/mol. The van der Waals surface area contributed by atoms with Gasteiger partial charge in [-0.1, -0.05) is 26.7 Å². The summed E-state index contributed by atoms with van der Waals surface area (Å²) in [6.07, 6.45) is 4.35. The Bertz CT molecular complexity index is 139. The third-order valence-corrected chi connectivity index (χ3v) is 3.17. The molecule has 0 radical (unpaired) electrons. The predicted octanol–water partition coefficient (Wildman–Crippen LogP) is 2.11. The van der Waals surface area contributed by atoms with Crippen molar-refractivity contribution in [1.82, 2.24) is 10.2 Å². The van der Waals surface area contributed by atoms with Crippen LogP contribution in [0.5, 0.6) is 0 Å². The summed E-state index contributed by atoms with van der Waals surface area (Å²) in [6, 6.07) is 0.647. The Morgan fingerprint density at radius 2 is 1.93 bits per heavy atom. The smallest absolute Gasteiger partial charge is 0.0166 e. The first-order chi connectivity index (χ1) is 6.76. The molecule has 0 heterocycles. The van der Waals surface area contributed by atoms with E-state index in [-0.39, 0.29) is 0 Å². The highest BCUT2D eigenvalue weighted by atomic mass is 15.1. The average Bonchev–Trinajstić information content (AvgIpc) is 2.98. The molecule has 1 aliphatic rings. The molecule has 1 N–H and O–H groups in total. The molecule has 0 aromatic heterocycles. The molecule has 0 amide bonds. The van der Waals surface area contributed by atoms with E-state index in [9.17, 15) is 0 Å². The molecule has 0 aliphatic heterocycles. The van der Waals surface area contributed by atoms with Gasteiger partial charge >= 0.3 is 0 Å². The Morgan fingerprint density at radius 3 is 2.43 bits per heavy atom. The Hall–Kier alpha value is -0.0800. The minimum absolute atomic E-state index is 0.647. The van der Waals surface area contributed by atoms with Crippen molar-refractivity contribution >= 4 is 0 Å². The number of hydrogen-bond donors (Lipinski definition) is 1. The highest BCUT2D eigenvalue weighted by Gasteiger charge is 2.20. The van der Waals surface area contributed by atoms with E-state index < -0.39 is 0 Å². The van der Waals surface area contributed by atoms with Crippen molar-refractivity contribution in [3.63, 3.8) is 0 Å². The molecule has 0 bridgehead atoms. The molecule has 1 saturated carbocycles. The molecule has 0 spiro atoms. The van der Waals surface area contributed by atoms with Gasteiger partial charge in [0.15, 0.2) is 0 Å². The lowest BCUT2D eigenvalue weighted by Crippen LogP contribution is -2.39. The van der Waals surface area contributed by atoms with Gasteiger partial charge in [-0.25, -0.2) is 0 Å². The maximum atomic E-state index is 3.61. The van der Waals surface area contributed by atoms with E-state index in [2.05, 4.69) is 31.0 Å². The summed E-state index contributed by atoms with van der Waals surface area (Å²) < 4.78 is 0. The van der Waals surface area contributed by atoms with Crippen LogP contribution in [-0.2, 0) is 0 Å². The molecule has 0 aromatic carbocycles. The first-order valence-electron chi connectivity index (χ1n) is 6.22. The summed E-state index contributed by atoms with van der Waals surface area (Å²) in [5, 5.41) is 3.61. The van der Waals surface area contributed by atoms with Crippen LogP contribution in [-0.4, -0.2) is 37.1 Å². The van der Waals surface area contributed by atoms with Crippen molar-refractivity contribution in [2.75, 3.05) is 26.2 Å². The largest absolute Gasteiger partial charge is 0.313 e. The zero-order chi connectivity index (χ0) is 10.4. The van der Waals surface area contributed by atoms with Gasteiger partial charge < -0.3 is 10.2 Å². The minimum atomic E-state index is 0.647. The van der Waals surface area contributed by atoms with E-state index in [1.54, 1.807) is 0 Å². The Kier molecular flexibility index (Phi) is 5.49. The first-order valence-corrected chi connectivity index (χ1v) is 6.22. The zero-order valence-corrected chi connectivity index (χ0v) is 10.1. The maximum Gasteiger partial charge on any atom is 0.0166 e. The Morgan fingerprint density at radius 1 is 1.29 bits per heavy atom. The van der Waals surface area contributed by atoms with Crippen LogP contribution in [0.15, 0.2) is 0 Å². The predicted molar refractivity (Wildman–Crippen MR) is 62.6 cm³/mol. The van der Waals surface area contributed by atoms with Crippen LogP contribution in [0, 0.1) is 5.92 Å². The van der Waals surface area contributed by atoms with Crippen LogP contribution in [0.2, 0.25) is 0 Å². The number of nitrogens with one attached hydrogen (secondary N) is 1. The monoisotopic (exact) mass is 198 g/mol. The molecular formula is C12H26N2. The molecule has 1 rings (SSSR count). The number of likely N-dealkylation sites (N-methyl/N-ethyl adjacent to an activating group) is 1. The molecular weight excluding hydrogens is 172 g/mol. The molecule has 1 aliphatic carbocycles. The van der Waals surface area contributed by atoms with E-state index in [1.807, 2.05) is 0 Å². The topological polar surface area (TPSA) is 15.3 Å². The molecule has 0 aromatic rings. The lowest BCUT2D eigenvalue weighted by Gasteiger charge is -2.23. The second-order valence-electron chi connectivity index (χ2n) is 4.57. The van der Waals surface area contributed by atoms with E-state index in [0.717, 1.165) is 5.92 Å². The third kappa shape index (κ3) is 4.97. The normalized spacial score (nSPS) is 18.9. The lowest BCUT2D eigenvalue weighted by molar-refractivity contribution is 0.270. The van der Waals surface area contributed by atoms with Crippen LogP contribution >= 0.6 is 0 Å². The summed E-state index contributed by atoms with van der Waals surface area (Å²) in [7, 11) is 0. The van der Waals surface area contributed by atoms with Crippen molar-refractivity contribution in [3.8, 4) is 0 Å². The molecule has 1 atom stereocenters. The van der Waals surface area contributed by atoms with Gasteiger partial charge in [0.05, 0.1) is 0 Å². The van der Waals surface area contributed by atoms with Gasteiger partial charge in [-0.05, 0) is 38.9 Å². The molecule has 1 fully saturated rings. The van der Waals surface area contributed by atoms with E-state index in [4.69, 9.17) is 0 Å². The molecule has 14 heavy (non-hydrogen) atoms. The van der Waals surface area contributed by atoms with Gasteiger partial charge in [-0.3, -0.25) is 0 Å². The summed E-state index contributed by atoms with van der Waals surface area (Å²) in [6.45, 7) is 11.5. The van der Waals surface area contributed by atoms with Crippen LogP contribution in [0.4, 0.5) is 0 Å². The molecule has 2 heteroatoms. The molecule has 2 nitrogen and oxygen atoms in total. The van der Waals surface area contributed by atoms with Crippen molar-refractivity contribution in [1.29, 1.82) is 0 Å². The van der Waals surface area contributed by atoms with Gasteiger partial charge in [0.2, 0.25) is 0 Å². The SMILES string of the molecule is CCN(CC)CC(C)NCCC1CC1. The minimum Gasteiger partial charge on any atom is -0.313 e. The third-order valence-electron chi connectivity index (χ3n) is 3.17. The summed E-state index contributed by atoms with van der Waals surface area (Å²) in [5.74, 6) is 1.06. The standard InChI is InChI=1S/C12H26N2/c1-4-14(5-2)10-11(3)13-9-8-12-6-7-12/h11-13H,4-10H2,1-3H3. The fourth-order valence-corrected chi connectivity index (χ4v) is 1.87. The van der Waals surface area contributed by atoms with Crippen LogP contribution in [0.25, 0.3) is 0 Å². The highest BCUT2D eigenvalue weighted by molar-refractivity contribution is 4.75. The van der Waals surface area contributed by atoms with Gasteiger partial charge in [0.25, 0.3) is 0 Å². The van der Waals surface area contributed by atoms with Crippen molar-refractivity contribution < 1.29 is 0 Å². The first kappa shape index (κ1) is 12.0. The van der Waals surface area contributed by atoms with E-state index in [0.29, 0.717) is 6.04 Å². The van der Waals surface area contributed by atoms with Gasteiger partial charge in [0.1, 0.15) is 0 Å². The van der Waals surface area contributed by atoms with Gasteiger partial charge in [-0.15, -0.1) is 0 Å². The summed E-state index contributed by atoms with van der Waals surface area (Å²) in [4.78, 5) is 2.48. The van der Waals surface area contributed by atoms with E-state index in [1.165, 1.54) is 45.4 Å². The van der Waals surface area contributed by atoms with Gasteiger partial charge in [0, 0.05) is 12.6 Å². The van der Waals surface area contributed by atoms with Crippen LogP contribution in [0.3, 0.4) is 0 Å². The van der Waals surface area contributed by atoms with Crippen molar-refractivity contribution in [2.45, 2.75) is 46.1 Å². The number of hydrogen-bond acceptors (Lipinski definition) is 2. The number of nitrogens with zero attached hydrogens (tertiary/aromatic N) is 1. The van der Waals surface area contributed by atoms with Crippen molar-refractivity contribution in [3.05, 3.63) is 0 Å². The quantitative estimate of drug-likeness (QED) is 0.642. The van der Waals surface area contributed by atoms with Crippen LogP contribution < -0.4 is 5.32 Å². The fourth-order valence-electron chi connectivity index (χ4n) is 1.87. The Balaban J connectivity index is 1.98. The second kappa shape index (κ2) is 6.41. The Labute approximate surface area is 89.1 Å². The molecule has 1 unspecified atom stereocenters. The van der Waals surface area contributed by atoms with E-state index >= 15 is 0 Å². The molecule has 0 saturated heterocycles. The maximum absolute atomic E-state index is 3.61.